The predicted octanol–water partition coefficient (Wildman–Crippen LogP) is -0.659. The van der Waals surface area contributed by atoms with Crippen LogP contribution in [0.1, 0.15) is 0 Å². The molecule has 0 rings (SSSR count). The zero-order chi connectivity index (χ0) is 7.70. The number of hydrogen-bond donors (Lipinski definition) is 5. The maximum absolute atomic E-state index is 7.74. The van der Waals surface area contributed by atoms with Crippen LogP contribution in [0.15, 0.2) is 12.7 Å². The fourth-order valence-electron chi connectivity index (χ4n) is 0.0645. The van der Waals surface area contributed by atoms with Crippen molar-refractivity contribution in [3.63, 3.8) is 0 Å². The first kappa shape index (κ1) is 11.7. The van der Waals surface area contributed by atoms with Gasteiger partial charge in [-0.25, -0.2) is 5.48 Å². The third-order valence-corrected chi connectivity index (χ3v) is 0.236. The second-order valence-corrected chi connectivity index (χ2v) is 1.46. The Morgan fingerprint density at radius 3 is 1.78 bits per heavy atom. The first-order valence-corrected chi connectivity index (χ1v) is 3.19. The van der Waals surface area contributed by atoms with Crippen LogP contribution in [0.4, 0.5) is 0 Å². The van der Waals surface area contributed by atoms with Crippen molar-refractivity contribution >= 4 is 8.60 Å². The molecule has 0 aromatic heterocycles. The molecule has 0 amide bonds. The van der Waals surface area contributed by atoms with Crippen LogP contribution in [0.25, 0.3) is 0 Å². The molecule has 0 atom stereocenters. The van der Waals surface area contributed by atoms with E-state index in [9.17, 15) is 0 Å². The topological polar surface area (TPSA) is 93.0 Å². The van der Waals surface area contributed by atoms with Crippen molar-refractivity contribution in [3.8, 4) is 0 Å². The molecule has 5 nitrogen and oxygen atoms in total. The predicted molar refractivity (Wildman–Crippen MR) is 33.6 cm³/mol. The maximum atomic E-state index is 7.74. The second kappa shape index (κ2) is 10.9. The Balaban J connectivity index is 0. The monoisotopic (exact) mass is 155 g/mol. The molecule has 0 unspecified atom stereocenters. The van der Waals surface area contributed by atoms with E-state index in [1.54, 1.807) is 6.08 Å². The number of nitrogens with one attached hydrogen (secondary N) is 1. The molecule has 0 saturated carbocycles. The highest BCUT2D eigenvalue weighted by Gasteiger charge is 1.76. The van der Waals surface area contributed by atoms with Crippen LogP contribution in [-0.4, -0.2) is 26.4 Å². The van der Waals surface area contributed by atoms with E-state index in [0.717, 1.165) is 0 Å². The summed E-state index contributed by atoms with van der Waals surface area (Å²) >= 11 is 0. The molecule has 0 aromatic carbocycles. The number of hydroxylamine groups is 1. The smallest absolute Gasteiger partial charge is 0.324 e. The molecule has 6 heteroatoms. The van der Waals surface area contributed by atoms with Crippen molar-refractivity contribution in [2.24, 2.45) is 0 Å². The Morgan fingerprint density at radius 1 is 1.44 bits per heavy atom. The zero-order valence-corrected chi connectivity index (χ0v) is 5.62. The highest BCUT2D eigenvalue weighted by molar-refractivity contribution is 7.38. The summed E-state index contributed by atoms with van der Waals surface area (Å²) in [5, 5.41) is 7.74. The summed E-state index contributed by atoms with van der Waals surface area (Å²) < 4.78 is 0. The fraction of sp³-hybridized carbons (Fsp3) is 0.333. The highest BCUT2D eigenvalue weighted by atomic mass is 31.2. The molecule has 0 radical (unpaired) electrons. The highest BCUT2D eigenvalue weighted by Crippen LogP contribution is 2.11. The first-order chi connectivity index (χ1) is 4.15. The Hall–Kier alpha value is -0.0300. The summed E-state index contributed by atoms with van der Waals surface area (Å²) in [4.78, 5) is 21.7. The SMILES string of the molecule is C=CCNO.OP(O)O. The van der Waals surface area contributed by atoms with Crippen LogP contribution in [0.3, 0.4) is 0 Å². The normalized spacial score (nSPS) is 8.11. The van der Waals surface area contributed by atoms with Crippen molar-refractivity contribution in [1.82, 2.24) is 5.48 Å². The van der Waals surface area contributed by atoms with Gasteiger partial charge in [0.05, 0.1) is 0 Å². The molecular weight excluding hydrogens is 145 g/mol. The lowest BCUT2D eigenvalue weighted by molar-refractivity contribution is 0.180. The van der Waals surface area contributed by atoms with Crippen LogP contribution >= 0.6 is 8.60 Å². The fourth-order valence-corrected chi connectivity index (χ4v) is 0.0645. The molecular formula is C3H10NO4P. The maximum Gasteiger partial charge on any atom is 0.324 e. The summed E-state index contributed by atoms with van der Waals surface area (Å²) in [5.41, 5.74) is 1.90. The van der Waals surface area contributed by atoms with Crippen molar-refractivity contribution in [3.05, 3.63) is 12.7 Å². The molecule has 0 heterocycles. The third kappa shape index (κ3) is 73.2. The van der Waals surface area contributed by atoms with Crippen molar-refractivity contribution in [1.29, 1.82) is 0 Å². The number of rotatable bonds is 2. The van der Waals surface area contributed by atoms with E-state index in [0.29, 0.717) is 6.54 Å². The lowest BCUT2D eigenvalue weighted by Gasteiger charge is -1.78. The van der Waals surface area contributed by atoms with E-state index >= 15 is 0 Å². The minimum atomic E-state index is -2.62. The molecule has 0 aliphatic rings. The van der Waals surface area contributed by atoms with Crippen LogP contribution in [-0.2, 0) is 0 Å². The van der Waals surface area contributed by atoms with Crippen LogP contribution in [0.2, 0.25) is 0 Å². The van der Waals surface area contributed by atoms with E-state index < -0.39 is 8.60 Å². The van der Waals surface area contributed by atoms with E-state index in [4.69, 9.17) is 19.9 Å². The second-order valence-electron chi connectivity index (χ2n) is 0.919. The Kier molecular flexibility index (Phi) is 14.2. The van der Waals surface area contributed by atoms with Crippen LogP contribution in [0.5, 0.6) is 0 Å². The Bertz CT molecular complexity index is 57.0. The van der Waals surface area contributed by atoms with E-state index in [1.165, 1.54) is 0 Å². The largest absolute Gasteiger partial charge is 0.328 e. The molecule has 0 spiro atoms. The van der Waals surface area contributed by atoms with E-state index in [1.807, 2.05) is 5.48 Å². The quantitative estimate of drug-likeness (QED) is 0.207. The summed E-state index contributed by atoms with van der Waals surface area (Å²) in [6.45, 7) is 3.79. The minimum absolute atomic E-state index is 0.458. The average Bonchev–Trinajstić information content (AvgIpc) is 1.66. The van der Waals surface area contributed by atoms with Gasteiger partial charge in [-0.15, -0.1) is 6.58 Å². The third-order valence-electron chi connectivity index (χ3n) is 0.236. The van der Waals surface area contributed by atoms with Crippen molar-refractivity contribution in [2.75, 3.05) is 6.54 Å². The standard InChI is InChI=1S/C3H7NO.H3O3P/c1-2-3-4-5;1-4(2)3/h2,4-5H,1,3H2;1-3H. The molecule has 0 bridgehead atoms. The van der Waals surface area contributed by atoms with E-state index in [2.05, 4.69) is 6.58 Å². The van der Waals surface area contributed by atoms with Gasteiger partial charge >= 0.3 is 8.60 Å². The molecule has 0 aliphatic carbocycles. The van der Waals surface area contributed by atoms with Gasteiger partial charge < -0.3 is 19.9 Å². The molecule has 0 saturated heterocycles. The molecule has 0 fully saturated rings. The lowest BCUT2D eigenvalue weighted by atomic mass is 10.7. The van der Waals surface area contributed by atoms with Gasteiger partial charge in [0.2, 0.25) is 0 Å². The molecule has 0 aliphatic heterocycles. The molecule has 5 N–H and O–H groups in total. The van der Waals surface area contributed by atoms with Crippen LogP contribution < -0.4 is 5.48 Å². The van der Waals surface area contributed by atoms with Crippen molar-refractivity contribution < 1.29 is 19.9 Å². The van der Waals surface area contributed by atoms with Gasteiger partial charge in [0.15, 0.2) is 0 Å². The van der Waals surface area contributed by atoms with Gasteiger partial charge in [-0.05, 0) is 0 Å². The molecule has 0 aromatic rings. The lowest BCUT2D eigenvalue weighted by Crippen LogP contribution is -2.04. The van der Waals surface area contributed by atoms with Gasteiger partial charge in [0, 0.05) is 6.54 Å². The molecule has 9 heavy (non-hydrogen) atoms. The van der Waals surface area contributed by atoms with Crippen LogP contribution in [0, 0.1) is 0 Å². The number of hydrogen-bond acceptors (Lipinski definition) is 5. The van der Waals surface area contributed by atoms with E-state index in [-0.39, 0.29) is 0 Å². The first-order valence-electron chi connectivity index (χ1n) is 1.99. The van der Waals surface area contributed by atoms with Gasteiger partial charge in [-0.2, -0.15) is 0 Å². The Morgan fingerprint density at radius 2 is 1.78 bits per heavy atom. The summed E-state index contributed by atoms with van der Waals surface area (Å²) in [6, 6.07) is 0. The molecule has 56 valence electrons. The zero-order valence-electron chi connectivity index (χ0n) is 4.73. The minimum Gasteiger partial charge on any atom is -0.328 e. The summed E-state index contributed by atoms with van der Waals surface area (Å²) in [6.07, 6.45) is 1.57. The average molecular weight is 155 g/mol. The van der Waals surface area contributed by atoms with Gasteiger partial charge in [-0.3, -0.25) is 0 Å². The van der Waals surface area contributed by atoms with Gasteiger partial charge in [0.1, 0.15) is 0 Å². The Labute approximate surface area is 54.2 Å². The van der Waals surface area contributed by atoms with Gasteiger partial charge in [-0.1, -0.05) is 6.08 Å². The summed E-state index contributed by atoms with van der Waals surface area (Å²) in [7, 11) is -2.62. The van der Waals surface area contributed by atoms with Gasteiger partial charge in [0.25, 0.3) is 0 Å². The van der Waals surface area contributed by atoms with Crippen molar-refractivity contribution in [2.45, 2.75) is 0 Å². The summed E-state index contributed by atoms with van der Waals surface area (Å²) in [5.74, 6) is 0.